The summed E-state index contributed by atoms with van der Waals surface area (Å²) in [6.45, 7) is 10.3. The van der Waals surface area contributed by atoms with Crippen LogP contribution in [0.4, 0.5) is 0 Å². The molecule has 0 bridgehead atoms. The fourth-order valence-corrected chi connectivity index (χ4v) is 2.12. The highest BCUT2D eigenvalue weighted by Crippen LogP contribution is 2.35. The second-order valence-corrected chi connectivity index (χ2v) is 5.77. The minimum absolute atomic E-state index is 0.809. The molecule has 0 aliphatic heterocycles. The van der Waals surface area contributed by atoms with Crippen LogP contribution in [0, 0.1) is 12.8 Å². The van der Waals surface area contributed by atoms with Crippen LogP contribution in [0.3, 0.4) is 0 Å². The number of aryl methyl sites for hydroxylation is 2. The second-order valence-electron chi connectivity index (χ2n) is 5.77. The Morgan fingerprint density at radius 3 is 2.35 bits per heavy atom. The minimum Gasteiger partial charge on any atom is -0.272 e. The molecule has 1 aliphatic carbocycles. The molecule has 23 heavy (non-hydrogen) atoms. The quantitative estimate of drug-likeness (QED) is 0.799. The zero-order valence-corrected chi connectivity index (χ0v) is 15.6. The third kappa shape index (κ3) is 6.12. The highest BCUT2D eigenvalue weighted by atomic mass is 15.3. The summed E-state index contributed by atoms with van der Waals surface area (Å²) in [5.41, 5.74) is 3.44. The molecule has 0 atom stereocenters. The lowest BCUT2D eigenvalue weighted by molar-refractivity contribution is 0.677. The summed E-state index contributed by atoms with van der Waals surface area (Å²) >= 11 is 0. The van der Waals surface area contributed by atoms with Gasteiger partial charge in [-0.25, -0.2) is 9.97 Å². The lowest BCUT2D eigenvalue weighted by Crippen LogP contribution is -2.01. The number of hydrogen-bond acceptors (Lipinski definition) is 3. The summed E-state index contributed by atoms with van der Waals surface area (Å²) in [5.74, 6) is 1.66. The molecular weight excluding hydrogens is 284 g/mol. The van der Waals surface area contributed by atoms with E-state index in [0.29, 0.717) is 0 Å². The molecule has 0 spiro atoms. The van der Waals surface area contributed by atoms with Crippen molar-refractivity contribution in [3.63, 3.8) is 0 Å². The van der Waals surface area contributed by atoms with Crippen molar-refractivity contribution in [3.05, 3.63) is 30.0 Å². The molecule has 2 aromatic rings. The predicted octanol–water partition coefficient (Wildman–Crippen LogP) is 4.97. The van der Waals surface area contributed by atoms with E-state index in [1.54, 1.807) is 0 Å². The average molecular weight is 316 g/mol. The lowest BCUT2D eigenvalue weighted by atomic mass is 10.1. The Kier molecular flexibility index (Phi) is 8.52. The minimum atomic E-state index is 0.809. The van der Waals surface area contributed by atoms with Gasteiger partial charge in [0.2, 0.25) is 0 Å². The van der Waals surface area contributed by atoms with Gasteiger partial charge < -0.3 is 0 Å². The van der Waals surface area contributed by atoms with Gasteiger partial charge in [0.25, 0.3) is 0 Å². The van der Waals surface area contributed by atoms with E-state index in [1.165, 1.54) is 31.4 Å². The van der Waals surface area contributed by atoms with Gasteiger partial charge in [-0.3, -0.25) is 4.68 Å². The fourth-order valence-electron chi connectivity index (χ4n) is 2.12. The molecule has 0 unspecified atom stereocenters. The van der Waals surface area contributed by atoms with Crippen molar-refractivity contribution < 1.29 is 0 Å². The molecule has 3 rings (SSSR count). The third-order valence-electron chi connectivity index (χ3n) is 3.79. The number of aromatic nitrogens is 4. The largest absolute Gasteiger partial charge is 0.272 e. The van der Waals surface area contributed by atoms with E-state index in [0.717, 1.165) is 29.4 Å². The normalized spacial score (nSPS) is 12.8. The molecule has 2 aromatic heterocycles. The first-order valence-corrected chi connectivity index (χ1v) is 8.96. The first kappa shape index (κ1) is 19.3. The Hall–Kier alpha value is -1.71. The summed E-state index contributed by atoms with van der Waals surface area (Å²) in [6, 6.07) is 1.96. The topological polar surface area (TPSA) is 43.6 Å². The van der Waals surface area contributed by atoms with Crippen molar-refractivity contribution in [2.24, 2.45) is 13.0 Å². The summed E-state index contributed by atoms with van der Waals surface area (Å²) in [5, 5.41) is 4.36. The fraction of sp³-hybridized carbons (Fsp3) is 0.632. The number of unbranched alkanes of at least 4 members (excludes halogenated alkanes) is 1. The van der Waals surface area contributed by atoms with Gasteiger partial charge in [-0.2, -0.15) is 5.10 Å². The van der Waals surface area contributed by atoms with Crippen LogP contribution in [0.2, 0.25) is 0 Å². The van der Waals surface area contributed by atoms with Gasteiger partial charge in [0.1, 0.15) is 5.82 Å². The van der Waals surface area contributed by atoms with Gasteiger partial charge >= 0.3 is 0 Å². The van der Waals surface area contributed by atoms with E-state index in [2.05, 4.69) is 28.9 Å². The maximum absolute atomic E-state index is 4.48. The zero-order chi connectivity index (χ0) is 17.2. The summed E-state index contributed by atoms with van der Waals surface area (Å²) < 4.78 is 1.98. The second kappa shape index (κ2) is 10.1. The molecule has 0 aromatic carbocycles. The zero-order valence-electron chi connectivity index (χ0n) is 15.6. The van der Waals surface area contributed by atoms with Crippen LogP contribution in [0.5, 0.6) is 0 Å². The first-order valence-electron chi connectivity index (χ1n) is 8.96. The van der Waals surface area contributed by atoms with Crippen LogP contribution in [0.25, 0.3) is 11.3 Å². The Labute approximate surface area is 141 Å². The van der Waals surface area contributed by atoms with E-state index < -0.39 is 0 Å². The lowest BCUT2D eigenvalue weighted by Gasteiger charge is -2.05. The molecule has 4 heteroatoms. The first-order chi connectivity index (χ1) is 11.2. The molecular formula is C19H32N4. The van der Waals surface area contributed by atoms with E-state index >= 15 is 0 Å². The molecule has 1 fully saturated rings. The molecule has 0 amide bonds. The monoisotopic (exact) mass is 316 g/mol. The Morgan fingerprint density at radius 1 is 1.17 bits per heavy atom. The third-order valence-corrected chi connectivity index (χ3v) is 3.79. The van der Waals surface area contributed by atoms with Crippen LogP contribution < -0.4 is 0 Å². The molecule has 4 nitrogen and oxygen atoms in total. The van der Waals surface area contributed by atoms with Crippen LogP contribution in [0.1, 0.15) is 64.9 Å². The summed E-state index contributed by atoms with van der Waals surface area (Å²) in [7, 11) is 2.01. The molecule has 2 heterocycles. The van der Waals surface area contributed by atoms with Crippen LogP contribution in [0.15, 0.2) is 18.5 Å². The average Bonchev–Trinajstić information content (AvgIpc) is 3.33. The van der Waals surface area contributed by atoms with Crippen molar-refractivity contribution in [1.82, 2.24) is 19.7 Å². The Bertz CT molecular complexity index is 568. The van der Waals surface area contributed by atoms with Crippen molar-refractivity contribution in [2.75, 3.05) is 0 Å². The van der Waals surface area contributed by atoms with Crippen LogP contribution in [-0.2, 0) is 13.5 Å². The SMILES string of the molecule is CC.CCCC.Cc1nccc(-c2cnn(C)c2CC2CC2)n1. The van der Waals surface area contributed by atoms with Gasteiger partial charge in [0.15, 0.2) is 0 Å². The van der Waals surface area contributed by atoms with E-state index in [9.17, 15) is 0 Å². The molecule has 1 aliphatic rings. The van der Waals surface area contributed by atoms with Gasteiger partial charge in [0.05, 0.1) is 11.9 Å². The van der Waals surface area contributed by atoms with Gasteiger partial charge in [-0.15, -0.1) is 0 Å². The maximum Gasteiger partial charge on any atom is 0.125 e. The molecule has 0 radical (unpaired) electrons. The highest BCUT2D eigenvalue weighted by molar-refractivity contribution is 5.61. The number of nitrogens with zero attached hydrogens (tertiary/aromatic N) is 4. The summed E-state index contributed by atoms with van der Waals surface area (Å²) in [4.78, 5) is 8.62. The number of rotatable bonds is 4. The highest BCUT2D eigenvalue weighted by Gasteiger charge is 2.25. The maximum atomic E-state index is 4.48. The van der Waals surface area contributed by atoms with Crippen LogP contribution >= 0.6 is 0 Å². The standard InChI is InChI=1S/C13H16N4.C4H10.C2H6/c1-9-14-6-5-12(16-9)11-8-15-17(2)13(11)7-10-3-4-10;1-3-4-2;1-2/h5-6,8,10H,3-4,7H2,1-2H3;3-4H2,1-2H3;1-2H3. The van der Waals surface area contributed by atoms with Gasteiger partial charge in [-0.1, -0.05) is 40.5 Å². The number of hydrogen-bond donors (Lipinski definition) is 0. The molecule has 128 valence electrons. The smallest absolute Gasteiger partial charge is 0.125 e. The molecule has 0 saturated heterocycles. The van der Waals surface area contributed by atoms with Crippen molar-refractivity contribution in [2.45, 2.75) is 66.7 Å². The van der Waals surface area contributed by atoms with Crippen LogP contribution in [-0.4, -0.2) is 19.7 Å². The van der Waals surface area contributed by atoms with E-state index in [-0.39, 0.29) is 0 Å². The molecule has 0 N–H and O–H groups in total. The van der Waals surface area contributed by atoms with Crippen molar-refractivity contribution >= 4 is 0 Å². The summed E-state index contributed by atoms with van der Waals surface area (Å²) in [6.07, 6.45) is 10.2. The van der Waals surface area contributed by atoms with Crippen molar-refractivity contribution in [1.29, 1.82) is 0 Å². The van der Waals surface area contributed by atoms with E-state index in [4.69, 9.17) is 0 Å². The van der Waals surface area contributed by atoms with Gasteiger partial charge in [-0.05, 0) is 38.2 Å². The van der Waals surface area contributed by atoms with Gasteiger partial charge in [0, 0.05) is 24.5 Å². The predicted molar refractivity (Wildman–Crippen MR) is 97.3 cm³/mol. The Morgan fingerprint density at radius 2 is 1.83 bits per heavy atom. The van der Waals surface area contributed by atoms with E-state index in [1.807, 2.05) is 51.0 Å². The Balaban J connectivity index is 0.000000388. The van der Waals surface area contributed by atoms with Crippen molar-refractivity contribution in [3.8, 4) is 11.3 Å². The molecule has 1 saturated carbocycles.